The molecule has 26 heavy (non-hydrogen) atoms. The van der Waals surface area contributed by atoms with Gasteiger partial charge in [0.05, 0.1) is 24.9 Å². The summed E-state index contributed by atoms with van der Waals surface area (Å²) in [7, 11) is 0. The highest BCUT2D eigenvalue weighted by molar-refractivity contribution is 7.99. The number of ether oxygens (including phenoxy) is 1. The number of thioether (sulfide) groups is 1. The number of nitrogens with zero attached hydrogens (tertiary/aromatic N) is 2. The van der Waals surface area contributed by atoms with Crippen molar-refractivity contribution in [3.63, 3.8) is 0 Å². The quantitative estimate of drug-likeness (QED) is 0.827. The number of hydrogen-bond acceptors (Lipinski definition) is 4. The molecule has 0 radical (unpaired) electrons. The molecule has 2 aliphatic heterocycles. The lowest BCUT2D eigenvalue weighted by atomic mass is 10.1. The molecule has 2 aromatic carbocycles. The summed E-state index contributed by atoms with van der Waals surface area (Å²) in [6, 6.07) is 14.5. The predicted octanol–water partition coefficient (Wildman–Crippen LogP) is 3.34. The Kier molecular flexibility index (Phi) is 5.24. The summed E-state index contributed by atoms with van der Waals surface area (Å²) in [5.41, 5.74) is 1.96. The Balaban J connectivity index is 1.42. The Labute approximate surface area is 156 Å². The van der Waals surface area contributed by atoms with Crippen LogP contribution in [0.25, 0.3) is 0 Å². The highest BCUT2D eigenvalue weighted by Gasteiger charge is 2.27. The number of hydrogen-bond donors (Lipinski definition) is 0. The van der Waals surface area contributed by atoms with Gasteiger partial charge in [0.2, 0.25) is 5.91 Å². The standard InChI is InChI=1S/C20H21FN2O2S/c21-16-7-5-15(6-8-16)18-13-22(9-11-25-18)14-20(24)23-10-12-26-19-4-2-1-3-17(19)23/h1-8,18H,9-14H2. The van der Waals surface area contributed by atoms with Gasteiger partial charge in [-0.15, -0.1) is 11.8 Å². The van der Waals surface area contributed by atoms with E-state index in [1.165, 1.54) is 17.0 Å². The van der Waals surface area contributed by atoms with Crippen molar-refractivity contribution in [2.75, 3.05) is 43.4 Å². The molecule has 2 aromatic rings. The Morgan fingerprint density at radius 2 is 1.96 bits per heavy atom. The monoisotopic (exact) mass is 372 g/mol. The van der Waals surface area contributed by atoms with Crippen molar-refractivity contribution in [2.45, 2.75) is 11.0 Å². The van der Waals surface area contributed by atoms with E-state index in [-0.39, 0.29) is 17.8 Å². The lowest BCUT2D eigenvalue weighted by Gasteiger charge is -2.35. The average Bonchev–Trinajstić information content (AvgIpc) is 2.68. The highest BCUT2D eigenvalue weighted by atomic mass is 32.2. The van der Waals surface area contributed by atoms with Gasteiger partial charge in [0.25, 0.3) is 0 Å². The van der Waals surface area contributed by atoms with E-state index in [0.29, 0.717) is 19.7 Å². The van der Waals surface area contributed by atoms with Gasteiger partial charge in [-0.1, -0.05) is 24.3 Å². The van der Waals surface area contributed by atoms with Crippen LogP contribution < -0.4 is 4.90 Å². The summed E-state index contributed by atoms with van der Waals surface area (Å²) in [6.45, 7) is 3.06. The van der Waals surface area contributed by atoms with E-state index in [0.717, 1.165) is 30.1 Å². The lowest BCUT2D eigenvalue weighted by molar-refractivity contribution is -0.121. The molecule has 0 N–H and O–H groups in total. The summed E-state index contributed by atoms with van der Waals surface area (Å²) in [6.07, 6.45) is -0.124. The second kappa shape index (κ2) is 7.78. The van der Waals surface area contributed by atoms with E-state index in [1.807, 2.05) is 23.1 Å². The van der Waals surface area contributed by atoms with Crippen LogP contribution in [0.1, 0.15) is 11.7 Å². The third kappa shape index (κ3) is 3.77. The number of para-hydroxylation sites is 1. The number of benzene rings is 2. The van der Waals surface area contributed by atoms with Crippen LogP contribution in [0.2, 0.25) is 0 Å². The maximum Gasteiger partial charge on any atom is 0.241 e. The molecule has 136 valence electrons. The van der Waals surface area contributed by atoms with Gasteiger partial charge in [0.15, 0.2) is 0 Å². The fourth-order valence-corrected chi connectivity index (χ4v) is 4.43. The molecular weight excluding hydrogens is 351 g/mol. The first-order chi connectivity index (χ1) is 12.7. The Bertz CT molecular complexity index is 784. The normalized spacial score (nSPS) is 20.7. The Hall–Kier alpha value is -1.89. The Morgan fingerprint density at radius 3 is 2.81 bits per heavy atom. The van der Waals surface area contributed by atoms with Crippen molar-refractivity contribution in [1.29, 1.82) is 0 Å². The maximum absolute atomic E-state index is 13.1. The van der Waals surface area contributed by atoms with Crippen LogP contribution in [0, 0.1) is 5.82 Å². The maximum atomic E-state index is 13.1. The zero-order chi connectivity index (χ0) is 17.9. The lowest BCUT2D eigenvalue weighted by Crippen LogP contribution is -2.47. The summed E-state index contributed by atoms with van der Waals surface area (Å²) in [5.74, 6) is 0.792. The third-order valence-corrected chi connectivity index (χ3v) is 5.82. The van der Waals surface area contributed by atoms with E-state index >= 15 is 0 Å². The van der Waals surface area contributed by atoms with Crippen molar-refractivity contribution in [3.05, 3.63) is 59.9 Å². The molecule has 1 fully saturated rings. The van der Waals surface area contributed by atoms with Crippen LogP contribution >= 0.6 is 11.8 Å². The van der Waals surface area contributed by atoms with Crippen molar-refractivity contribution < 1.29 is 13.9 Å². The molecular formula is C20H21FN2O2S. The number of carbonyl (C=O) groups excluding carboxylic acids is 1. The molecule has 1 atom stereocenters. The molecule has 2 aliphatic rings. The molecule has 1 saturated heterocycles. The third-order valence-electron chi connectivity index (χ3n) is 4.78. The highest BCUT2D eigenvalue weighted by Crippen LogP contribution is 2.34. The molecule has 0 spiro atoms. The second-order valence-electron chi connectivity index (χ2n) is 6.51. The van der Waals surface area contributed by atoms with E-state index in [2.05, 4.69) is 11.0 Å². The molecule has 0 aliphatic carbocycles. The van der Waals surface area contributed by atoms with Crippen molar-refractivity contribution >= 4 is 23.4 Å². The summed E-state index contributed by atoms with van der Waals surface area (Å²) >= 11 is 1.80. The molecule has 1 unspecified atom stereocenters. The second-order valence-corrected chi connectivity index (χ2v) is 7.64. The van der Waals surface area contributed by atoms with E-state index in [4.69, 9.17) is 4.74 Å². The zero-order valence-corrected chi connectivity index (χ0v) is 15.3. The largest absolute Gasteiger partial charge is 0.371 e. The van der Waals surface area contributed by atoms with Gasteiger partial charge < -0.3 is 9.64 Å². The molecule has 4 nitrogen and oxygen atoms in total. The zero-order valence-electron chi connectivity index (χ0n) is 14.4. The van der Waals surface area contributed by atoms with Gasteiger partial charge in [-0.3, -0.25) is 9.69 Å². The molecule has 0 bridgehead atoms. The SMILES string of the molecule is O=C(CN1CCOC(c2ccc(F)cc2)C1)N1CCSc2ccccc21. The first kappa shape index (κ1) is 17.5. The smallest absolute Gasteiger partial charge is 0.241 e. The van der Waals surface area contributed by atoms with E-state index in [9.17, 15) is 9.18 Å². The fraction of sp³-hybridized carbons (Fsp3) is 0.350. The molecule has 1 amide bonds. The molecule has 0 aromatic heterocycles. The van der Waals surface area contributed by atoms with Crippen molar-refractivity contribution in [1.82, 2.24) is 4.90 Å². The number of fused-ring (bicyclic) bond motifs is 1. The van der Waals surface area contributed by atoms with Gasteiger partial charge in [0, 0.05) is 30.3 Å². The van der Waals surface area contributed by atoms with E-state index in [1.54, 1.807) is 23.9 Å². The van der Waals surface area contributed by atoms with Crippen LogP contribution in [-0.2, 0) is 9.53 Å². The van der Waals surface area contributed by atoms with Gasteiger partial charge in [-0.2, -0.15) is 0 Å². The number of carbonyl (C=O) groups is 1. The van der Waals surface area contributed by atoms with Crippen LogP contribution in [-0.4, -0.2) is 49.3 Å². The van der Waals surface area contributed by atoms with Crippen LogP contribution in [0.3, 0.4) is 0 Å². The van der Waals surface area contributed by atoms with Crippen molar-refractivity contribution in [3.8, 4) is 0 Å². The molecule has 6 heteroatoms. The number of anilines is 1. The van der Waals surface area contributed by atoms with E-state index < -0.39 is 0 Å². The van der Waals surface area contributed by atoms with Crippen LogP contribution in [0.5, 0.6) is 0 Å². The summed E-state index contributed by atoms with van der Waals surface area (Å²) in [4.78, 5) is 18.1. The number of amides is 1. The molecule has 0 saturated carbocycles. The topological polar surface area (TPSA) is 32.8 Å². The minimum absolute atomic E-state index is 0.123. The summed E-state index contributed by atoms with van der Waals surface area (Å²) in [5, 5.41) is 0. The number of morpholine rings is 1. The first-order valence-corrected chi connectivity index (χ1v) is 9.81. The molecule has 2 heterocycles. The van der Waals surface area contributed by atoms with Crippen LogP contribution in [0.4, 0.5) is 10.1 Å². The van der Waals surface area contributed by atoms with Gasteiger partial charge in [-0.25, -0.2) is 4.39 Å². The average molecular weight is 372 g/mol. The first-order valence-electron chi connectivity index (χ1n) is 8.82. The van der Waals surface area contributed by atoms with Crippen molar-refractivity contribution in [2.24, 2.45) is 0 Å². The van der Waals surface area contributed by atoms with Crippen LogP contribution in [0.15, 0.2) is 53.4 Å². The Morgan fingerprint density at radius 1 is 1.15 bits per heavy atom. The fourth-order valence-electron chi connectivity index (χ4n) is 3.43. The van der Waals surface area contributed by atoms with Gasteiger partial charge in [0.1, 0.15) is 5.82 Å². The van der Waals surface area contributed by atoms with Gasteiger partial charge >= 0.3 is 0 Å². The minimum Gasteiger partial charge on any atom is -0.371 e. The van der Waals surface area contributed by atoms with Gasteiger partial charge in [-0.05, 0) is 29.8 Å². The number of halogens is 1. The minimum atomic E-state index is -0.252. The predicted molar refractivity (Wildman–Crippen MR) is 101 cm³/mol. The number of rotatable bonds is 3. The summed E-state index contributed by atoms with van der Waals surface area (Å²) < 4.78 is 19.0. The molecule has 4 rings (SSSR count).